The minimum atomic E-state index is -1.44. The van der Waals surface area contributed by atoms with Crippen LogP contribution in [-0.2, 0) is 0 Å². The molecule has 1 aromatic carbocycles. The van der Waals surface area contributed by atoms with Crippen molar-refractivity contribution in [2.24, 2.45) is 0 Å². The zero-order chi connectivity index (χ0) is 15.4. The predicted molar refractivity (Wildman–Crippen MR) is 69.8 cm³/mol. The molecule has 0 saturated heterocycles. The van der Waals surface area contributed by atoms with Crippen LogP contribution in [0.3, 0.4) is 0 Å². The molecule has 8 nitrogen and oxygen atoms in total. The van der Waals surface area contributed by atoms with Gasteiger partial charge in [-0.05, 0) is 17.3 Å². The number of carboxylic acid groups (broad SMARTS) is 1. The lowest BCUT2D eigenvalue weighted by Crippen LogP contribution is -2.02. The molecule has 2 aromatic rings. The number of nitrogens with zero attached hydrogens (tertiary/aromatic N) is 4. The number of aromatic amines is 1. The quantitative estimate of drug-likeness (QED) is 0.733. The lowest BCUT2D eigenvalue weighted by atomic mass is 10.2. The summed E-state index contributed by atoms with van der Waals surface area (Å²) >= 11 is 5.80. The molecule has 0 spiro atoms. The molecule has 10 heteroatoms. The Morgan fingerprint density at radius 1 is 1.57 bits per heavy atom. The average molecular weight is 309 g/mol. The van der Waals surface area contributed by atoms with E-state index in [1.165, 1.54) is 6.20 Å². The maximum atomic E-state index is 13.4. The summed E-state index contributed by atoms with van der Waals surface area (Å²) in [4.78, 5) is 10.9. The van der Waals surface area contributed by atoms with Crippen molar-refractivity contribution in [3.63, 3.8) is 0 Å². The second-order valence-corrected chi connectivity index (χ2v) is 4.07. The van der Waals surface area contributed by atoms with Gasteiger partial charge in [-0.15, -0.1) is 10.2 Å². The summed E-state index contributed by atoms with van der Waals surface area (Å²) < 4.78 is 13.4. The molecule has 0 aliphatic heterocycles. The molecule has 0 aliphatic rings. The molecule has 0 radical (unpaired) electrons. The number of aromatic nitrogens is 4. The van der Waals surface area contributed by atoms with Crippen molar-refractivity contribution in [1.82, 2.24) is 20.6 Å². The van der Waals surface area contributed by atoms with E-state index < -0.39 is 17.3 Å². The van der Waals surface area contributed by atoms with E-state index in [1.54, 1.807) is 0 Å². The molecule has 106 valence electrons. The summed E-state index contributed by atoms with van der Waals surface area (Å²) in [7, 11) is 0. The summed E-state index contributed by atoms with van der Waals surface area (Å²) in [6.45, 7) is 0. The van der Waals surface area contributed by atoms with E-state index in [4.69, 9.17) is 22.0 Å². The zero-order valence-corrected chi connectivity index (χ0v) is 10.9. The molecule has 1 heterocycles. The highest BCUT2D eigenvalue weighted by molar-refractivity contribution is 6.33. The van der Waals surface area contributed by atoms with E-state index in [-0.39, 0.29) is 22.1 Å². The third-order valence-electron chi connectivity index (χ3n) is 2.37. The molecule has 0 saturated carbocycles. The maximum absolute atomic E-state index is 13.4. The normalized spacial score (nSPS) is 11.0. The zero-order valence-electron chi connectivity index (χ0n) is 10.1. The van der Waals surface area contributed by atoms with Crippen LogP contribution in [0.1, 0.15) is 16.2 Å². The Morgan fingerprint density at radius 3 is 2.90 bits per heavy atom. The number of hydrogen-bond donors (Lipinski definition) is 3. The first-order chi connectivity index (χ1) is 10.0. The summed E-state index contributed by atoms with van der Waals surface area (Å²) in [5, 5.41) is 33.1. The highest BCUT2D eigenvalue weighted by Gasteiger charge is 2.14. The number of benzene rings is 1. The Labute approximate surface area is 121 Å². The SMILES string of the molecule is N#CC(=CNc1cc(C(=O)O)c(F)cc1Cl)c1nn[nH]n1. The number of rotatable bonds is 4. The number of hydrogen-bond acceptors (Lipinski definition) is 6. The number of carbonyl (C=O) groups is 1. The van der Waals surface area contributed by atoms with Crippen LogP contribution in [0.15, 0.2) is 18.3 Å². The van der Waals surface area contributed by atoms with Gasteiger partial charge in [0.25, 0.3) is 0 Å². The van der Waals surface area contributed by atoms with E-state index in [0.717, 1.165) is 12.1 Å². The first-order valence-electron chi connectivity index (χ1n) is 5.36. The smallest absolute Gasteiger partial charge is 0.338 e. The Morgan fingerprint density at radius 2 is 2.33 bits per heavy atom. The van der Waals surface area contributed by atoms with Crippen molar-refractivity contribution >= 4 is 28.8 Å². The van der Waals surface area contributed by atoms with E-state index in [1.807, 2.05) is 6.07 Å². The number of anilines is 1. The van der Waals surface area contributed by atoms with Crippen LogP contribution in [0.4, 0.5) is 10.1 Å². The molecule has 0 unspecified atom stereocenters. The van der Waals surface area contributed by atoms with Gasteiger partial charge >= 0.3 is 5.97 Å². The standard InChI is InChI=1S/C11H6ClFN6O2/c12-7-2-8(13)6(11(20)21)1-9(7)15-4-5(3-14)10-16-18-19-17-10/h1-2,4,15H,(H,20,21)(H,16,17,18,19). The highest BCUT2D eigenvalue weighted by atomic mass is 35.5. The summed E-state index contributed by atoms with van der Waals surface area (Å²) in [5.41, 5.74) is -0.402. The molecule has 0 amide bonds. The third-order valence-corrected chi connectivity index (χ3v) is 2.68. The van der Waals surface area contributed by atoms with Crippen LogP contribution in [0.5, 0.6) is 0 Å². The number of H-pyrrole nitrogens is 1. The second kappa shape index (κ2) is 5.98. The minimum absolute atomic E-state index is 0.0287. The first kappa shape index (κ1) is 14.4. The summed E-state index contributed by atoms with van der Waals surface area (Å²) in [6.07, 6.45) is 1.20. The fourth-order valence-electron chi connectivity index (χ4n) is 1.40. The lowest BCUT2D eigenvalue weighted by molar-refractivity contribution is 0.0692. The van der Waals surface area contributed by atoms with Crippen LogP contribution in [0.25, 0.3) is 5.57 Å². The predicted octanol–water partition coefficient (Wildman–Crippen LogP) is 1.67. The van der Waals surface area contributed by atoms with Crippen molar-refractivity contribution in [3.05, 3.63) is 40.6 Å². The van der Waals surface area contributed by atoms with E-state index >= 15 is 0 Å². The van der Waals surface area contributed by atoms with Gasteiger partial charge in [-0.3, -0.25) is 0 Å². The monoisotopic (exact) mass is 308 g/mol. The van der Waals surface area contributed by atoms with Gasteiger partial charge in [-0.2, -0.15) is 10.5 Å². The van der Waals surface area contributed by atoms with E-state index in [9.17, 15) is 9.18 Å². The van der Waals surface area contributed by atoms with Gasteiger partial charge < -0.3 is 10.4 Å². The summed E-state index contributed by atoms with van der Waals surface area (Å²) in [5.74, 6) is -2.35. The molecular weight excluding hydrogens is 303 g/mol. The fraction of sp³-hybridized carbons (Fsp3) is 0. The van der Waals surface area contributed by atoms with E-state index in [2.05, 4.69) is 25.9 Å². The first-order valence-corrected chi connectivity index (χ1v) is 5.73. The molecule has 0 fully saturated rings. The Kier molecular flexibility index (Phi) is 4.10. The van der Waals surface area contributed by atoms with Crippen LogP contribution in [0.2, 0.25) is 5.02 Å². The van der Waals surface area contributed by atoms with Gasteiger partial charge in [0.1, 0.15) is 17.5 Å². The molecule has 0 atom stereocenters. The molecule has 1 aromatic heterocycles. The Hall–Kier alpha value is -2.99. The summed E-state index contributed by atoms with van der Waals surface area (Å²) in [6, 6.07) is 3.70. The number of allylic oxidation sites excluding steroid dienone is 1. The number of nitrogens with one attached hydrogen (secondary N) is 2. The number of tetrazole rings is 1. The van der Waals surface area contributed by atoms with Crippen molar-refractivity contribution < 1.29 is 14.3 Å². The van der Waals surface area contributed by atoms with Crippen molar-refractivity contribution in [3.8, 4) is 6.07 Å². The second-order valence-electron chi connectivity index (χ2n) is 3.67. The van der Waals surface area contributed by atoms with E-state index in [0.29, 0.717) is 0 Å². The highest BCUT2D eigenvalue weighted by Crippen LogP contribution is 2.26. The van der Waals surface area contributed by atoms with Crippen molar-refractivity contribution in [1.29, 1.82) is 5.26 Å². The number of nitriles is 1. The van der Waals surface area contributed by atoms with Crippen LogP contribution in [-0.4, -0.2) is 31.7 Å². The molecule has 21 heavy (non-hydrogen) atoms. The van der Waals surface area contributed by atoms with Gasteiger partial charge in [0, 0.05) is 6.20 Å². The van der Waals surface area contributed by atoms with Crippen LogP contribution >= 0.6 is 11.6 Å². The average Bonchev–Trinajstić information content (AvgIpc) is 2.95. The molecule has 0 bridgehead atoms. The molecule has 2 rings (SSSR count). The largest absolute Gasteiger partial charge is 0.478 e. The Balaban J connectivity index is 2.34. The topological polar surface area (TPSA) is 128 Å². The molecular formula is C11H6ClFN6O2. The fourth-order valence-corrected chi connectivity index (χ4v) is 1.60. The number of halogens is 2. The van der Waals surface area contributed by atoms with Gasteiger partial charge in [-0.1, -0.05) is 11.6 Å². The van der Waals surface area contributed by atoms with Crippen molar-refractivity contribution in [2.75, 3.05) is 5.32 Å². The van der Waals surface area contributed by atoms with Crippen LogP contribution in [0, 0.1) is 17.1 Å². The number of carboxylic acids is 1. The van der Waals surface area contributed by atoms with Gasteiger partial charge in [0.15, 0.2) is 0 Å². The van der Waals surface area contributed by atoms with Crippen molar-refractivity contribution in [2.45, 2.75) is 0 Å². The van der Waals surface area contributed by atoms with Gasteiger partial charge in [-0.25, -0.2) is 9.18 Å². The Bertz CT molecular complexity index is 753. The van der Waals surface area contributed by atoms with Gasteiger partial charge in [0.2, 0.25) is 5.82 Å². The van der Waals surface area contributed by atoms with Gasteiger partial charge in [0.05, 0.1) is 16.3 Å². The molecule has 3 N–H and O–H groups in total. The third kappa shape index (κ3) is 3.13. The maximum Gasteiger partial charge on any atom is 0.338 e. The minimum Gasteiger partial charge on any atom is -0.478 e. The van der Waals surface area contributed by atoms with Crippen LogP contribution < -0.4 is 5.32 Å². The lowest BCUT2D eigenvalue weighted by Gasteiger charge is -2.06. The molecule has 0 aliphatic carbocycles. The number of aromatic carboxylic acids is 1.